The largest absolute Gasteiger partial charge is 0.508 e. The maximum absolute atomic E-state index is 12.0. The van der Waals surface area contributed by atoms with Crippen molar-refractivity contribution in [3.8, 4) is 0 Å². The summed E-state index contributed by atoms with van der Waals surface area (Å²) in [6.45, 7) is 1.20. The number of aromatic nitrogens is 1. The number of pyridine rings is 1. The highest BCUT2D eigenvalue weighted by atomic mass is 16.8. The van der Waals surface area contributed by atoms with Crippen LogP contribution in [0.2, 0.25) is 0 Å². The molecule has 11 heteroatoms. The lowest BCUT2D eigenvalue weighted by Gasteiger charge is -2.11. The fraction of sp³-hybridized carbons (Fsp3) is 0.438. The third kappa shape index (κ3) is 6.45. The van der Waals surface area contributed by atoms with Crippen molar-refractivity contribution in [3.63, 3.8) is 0 Å². The molecule has 1 aliphatic heterocycles. The molecule has 0 aromatic carbocycles. The number of carbonyl (C=O) groups is 4. The first kappa shape index (κ1) is 19.9. The minimum absolute atomic E-state index is 0.0182. The second-order valence-electron chi connectivity index (χ2n) is 5.59. The molecule has 2 unspecified atom stereocenters. The smallest absolute Gasteiger partial charge is 0.461 e. The average Bonchev–Trinajstić information content (AvgIpc) is 3.07. The van der Waals surface area contributed by atoms with Crippen molar-refractivity contribution in [1.82, 2.24) is 4.98 Å². The van der Waals surface area contributed by atoms with Crippen LogP contribution in [0.5, 0.6) is 0 Å². The normalized spacial score (nSPS) is 16.6. The van der Waals surface area contributed by atoms with Crippen LogP contribution >= 0.6 is 0 Å². The predicted molar refractivity (Wildman–Crippen MR) is 84.2 cm³/mol. The minimum atomic E-state index is -1.42. The molecule has 0 radical (unpaired) electrons. The summed E-state index contributed by atoms with van der Waals surface area (Å²) in [5.74, 6) is -1.95. The van der Waals surface area contributed by atoms with E-state index >= 15 is 0 Å². The monoisotopic (exact) mass is 383 g/mol. The first-order chi connectivity index (χ1) is 12.8. The number of hydrogen-bond donors (Lipinski definition) is 1. The van der Waals surface area contributed by atoms with E-state index in [1.807, 2.05) is 0 Å². The first-order valence-electron chi connectivity index (χ1n) is 7.85. The van der Waals surface area contributed by atoms with Gasteiger partial charge in [0, 0.05) is 5.92 Å². The molecule has 0 saturated carbocycles. The van der Waals surface area contributed by atoms with Gasteiger partial charge in [0.05, 0.1) is 6.61 Å². The van der Waals surface area contributed by atoms with E-state index in [-0.39, 0.29) is 43.7 Å². The second-order valence-corrected chi connectivity index (χ2v) is 5.59. The quantitative estimate of drug-likeness (QED) is 0.511. The molecule has 27 heavy (non-hydrogen) atoms. The van der Waals surface area contributed by atoms with E-state index in [0.717, 1.165) is 0 Å². The van der Waals surface area contributed by atoms with Crippen molar-refractivity contribution in [2.24, 2.45) is 5.92 Å². The van der Waals surface area contributed by atoms with Gasteiger partial charge in [0.15, 0.2) is 6.10 Å². The van der Waals surface area contributed by atoms with Gasteiger partial charge in [0.25, 0.3) is 0 Å². The SMILES string of the molecule is CC(COC(=O)O)COC(=O)c1cccc(C(=O)OCC2COC(=O)O2)n1. The maximum Gasteiger partial charge on any atom is 0.508 e. The number of nitrogens with zero attached hydrogens (tertiary/aromatic N) is 1. The molecule has 2 heterocycles. The molecule has 0 amide bonds. The van der Waals surface area contributed by atoms with E-state index < -0.39 is 30.4 Å². The molecular weight excluding hydrogens is 366 g/mol. The molecular formula is C16H17NO10. The van der Waals surface area contributed by atoms with Crippen molar-refractivity contribution in [1.29, 1.82) is 0 Å². The Labute approximate surface area is 153 Å². The highest BCUT2D eigenvalue weighted by molar-refractivity contribution is 5.91. The number of esters is 2. The van der Waals surface area contributed by atoms with Crippen LogP contribution in [0.15, 0.2) is 18.2 Å². The van der Waals surface area contributed by atoms with Gasteiger partial charge in [-0.2, -0.15) is 0 Å². The van der Waals surface area contributed by atoms with E-state index in [1.54, 1.807) is 6.92 Å². The van der Waals surface area contributed by atoms with Crippen LogP contribution in [0.1, 0.15) is 27.9 Å². The molecule has 1 aromatic rings. The van der Waals surface area contributed by atoms with Crippen molar-refractivity contribution in [2.45, 2.75) is 13.0 Å². The predicted octanol–water partition coefficient (Wildman–Crippen LogP) is 1.26. The molecule has 1 aliphatic rings. The van der Waals surface area contributed by atoms with Gasteiger partial charge in [0.2, 0.25) is 0 Å². The molecule has 0 aliphatic carbocycles. The fourth-order valence-electron chi connectivity index (χ4n) is 1.91. The standard InChI is InChI=1S/C16H17NO10/c1-9(6-25-15(20)21)5-23-13(18)11-3-2-4-12(17-11)14(19)24-7-10-8-26-16(22)27-10/h2-4,9-10H,5-8H2,1H3,(H,20,21). The lowest BCUT2D eigenvalue weighted by molar-refractivity contribution is 0.0292. The summed E-state index contributed by atoms with van der Waals surface area (Å²) in [6.07, 6.45) is -2.94. The number of ether oxygens (including phenoxy) is 5. The summed E-state index contributed by atoms with van der Waals surface area (Å²) in [5.41, 5.74) is -0.247. The van der Waals surface area contributed by atoms with Crippen LogP contribution < -0.4 is 0 Å². The van der Waals surface area contributed by atoms with Crippen molar-refractivity contribution in [3.05, 3.63) is 29.6 Å². The number of carbonyl (C=O) groups excluding carboxylic acids is 3. The Bertz CT molecular complexity index is 719. The Morgan fingerprint density at radius 2 is 1.81 bits per heavy atom. The van der Waals surface area contributed by atoms with Crippen LogP contribution in [-0.4, -0.2) is 66.9 Å². The summed E-state index contributed by atoms with van der Waals surface area (Å²) in [5, 5.41) is 8.41. The Morgan fingerprint density at radius 3 is 2.41 bits per heavy atom. The molecule has 0 bridgehead atoms. The molecule has 0 spiro atoms. The van der Waals surface area contributed by atoms with E-state index in [2.05, 4.69) is 14.5 Å². The Hall–Kier alpha value is -3.37. The maximum atomic E-state index is 12.0. The van der Waals surface area contributed by atoms with Gasteiger partial charge in [-0.3, -0.25) is 0 Å². The van der Waals surface area contributed by atoms with Gasteiger partial charge >= 0.3 is 24.2 Å². The van der Waals surface area contributed by atoms with Gasteiger partial charge in [-0.1, -0.05) is 13.0 Å². The lowest BCUT2D eigenvalue weighted by Crippen LogP contribution is -2.22. The van der Waals surface area contributed by atoms with Gasteiger partial charge in [-0.05, 0) is 12.1 Å². The van der Waals surface area contributed by atoms with Crippen molar-refractivity contribution >= 4 is 24.2 Å². The zero-order chi connectivity index (χ0) is 19.8. The number of cyclic esters (lactones) is 2. The van der Waals surface area contributed by atoms with Gasteiger partial charge in [0.1, 0.15) is 31.2 Å². The van der Waals surface area contributed by atoms with Crippen molar-refractivity contribution in [2.75, 3.05) is 26.4 Å². The first-order valence-corrected chi connectivity index (χ1v) is 7.85. The lowest BCUT2D eigenvalue weighted by atomic mass is 10.2. The van der Waals surface area contributed by atoms with Crippen LogP contribution in [0, 0.1) is 5.92 Å². The summed E-state index contributed by atoms with van der Waals surface area (Å²) in [7, 11) is 0. The third-order valence-corrected chi connectivity index (χ3v) is 3.21. The highest BCUT2D eigenvalue weighted by Crippen LogP contribution is 2.09. The Morgan fingerprint density at radius 1 is 1.19 bits per heavy atom. The van der Waals surface area contributed by atoms with Gasteiger partial charge in [-0.25, -0.2) is 24.2 Å². The van der Waals surface area contributed by atoms with E-state index in [0.29, 0.717) is 0 Å². The Balaban J connectivity index is 1.84. The van der Waals surface area contributed by atoms with Crippen molar-refractivity contribution < 1.29 is 48.0 Å². The summed E-state index contributed by atoms with van der Waals surface area (Å²) >= 11 is 0. The van der Waals surface area contributed by atoms with Crippen LogP contribution in [-0.2, 0) is 23.7 Å². The zero-order valence-corrected chi connectivity index (χ0v) is 14.3. The fourth-order valence-corrected chi connectivity index (χ4v) is 1.91. The molecule has 146 valence electrons. The molecule has 1 fully saturated rings. The number of rotatable bonds is 8. The zero-order valence-electron chi connectivity index (χ0n) is 14.3. The Kier molecular flexibility index (Phi) is 6.92. The second kappa shape index (κ2) is 9.36. The van der Waals surface area contributed by atoms with Gasteiger partial charge < -0.3 is 28.8 Å². The number of carboxylic acid groups (broad SMARTS) is 1. The van der Waals surface area contributed by atoms with Crippen LogP contribution in [0.25, 0.3) is 0 Å². The summed E-state index contributed by atoms with van der Waals surface area (Å²) in [6, 6.07) is 4.12. The third-order valence-electron chi connectivity index (χ3n) is 3.21. The number of hydrogen-bond acceptors (Lipinski definition) is 10. The van der Waals surface area contributed by atoms with E-state index in [9.17, 15) is 19.2 Å². The van der Waals surface area contributed by atoms with Crippen LogP contribution in [0.4, 0.5) is 9.59 Å². The topological polar surface area (TPSA) is 148 Å². The molecule has 1 N–H and O–H groups in total. The summed E-state index contributed by atoms with van der Waals surface area (Å²) < 4.78 is 23.6. The highest BCUT2D eigenvalue weighted by Gasteiger charge is 2.26. The molecule has 2 atom stereocenters. The van der Waals surface area contributed by atoms with E-state index in [4.69, 9.17) is 19.3 Å². The molecule has 11 nitrogen and oxygen atoms in total. The van der Waals surface area contributed by atoms with Crippen LogP contribution in [0.3, 0.4) is 0 Å². The molecule has 1 aromatic heterocycles. The van der Waals surface area contributed by atoms with E-state index in [1.165, 1.54) is 18.2 Å². The molecule has 2 rings (SSSR count). The average molecular weight is 383 g/mol. The summed E-state index contributed by atoms with van der Waals surface area (Å²) in [4.78, 5) is 48.9. The minimum Gasteiger partial charge on any atom is -0.461 e. The molecule has 1 saturated heterocycles. The van der Waals surface area contributed by atoms with Gasteiger partial charge in [-0.15, -0.1) is 0 Å².